The van der Waals surface area contributed by atoms with Crippen molar-refractivity contribution in [3.8, 4) is 0 Å². The van der Waals surface area contributed by atoms with Crippen LogP contribution in [0.15, 0.2) is 4.90 Å². The summed E-state index contributed by atoms with van der Waals surface area (Å²) in [5.41, 5.74) is 0.938. The molecule has 1 N–H and O–H groups in total. The van der Waals surface area contributed by atoms with E-state index in [-0.39, 0.29) is 16.8 Å². The second-order valence-electron chi connectivity index (χ2n) is 4.95. The van der Waals surface area contributed by atoms with Crippen molar-refractivity contribution < 1.29 is 8.42 Å². The molecule has 1 aliphatic rings. The molecule has 0 spiro atoms. The Morgan fingerprint density at radius 1 is 1.47 bits per heavy atom. The highest BCUT2D eigenvalue weighted by Gasteiger charge is 2.34. The summed E-state index contributed by atoms with van der Waals surface area (Å²) < 4.78 is 26.9. The third kappa shape index (κ3) is 2.65. The van der Waals surface area contributed by atoms with Crippen molar-refractivity contribution in [1.82, 2.24) is 19.4 Å². The summed E-state index contributed by atoms with van der Waals surface area (Å²) in [5.74, 6) is 0.0855. The topological polar surface area (TPSA) is 69.3 Å². The van der Waals surface area contributed by atoms with Gasteiger partial charge in [-0.25, -0.2) is 8.42 Å². The lowest BCUT2D eigenvalue weighted by atomic mass is 10.2. The molecule has 2 rings (SSSR count). The Labute approximate surface area is 118 Å². The Kier molecular flexibility index (Phi) is 4.20. The van der Waals surface area contributed by atoms with Crippen molar-refractivity contribution in [2.24, 2.45) is 0 Å². The highest BCUT2D eigenvalue weighted by Crippen LogP contribution is 2.25. The highest BCUT2D eigenvalue weighted by atomic mass is 35.5. The van der Waals surface area contributed by atoms with Crippen LogP contribution in [0.25, 0.3) is 0 Å². The van der Waals surface area contributed by atoms with Gasteiger partial charge in [0.05, 0.1) is 17.3 Å². The van der Waals surface area contributed by atoms with Crippen LogP contribution in [0.3, 0.4) is 0 Å². The van der Waals surface area contributed by atoms with Crippen LogP contribution >= 0.6 is 11.6 Å². The summed E-state index contributed by atoms with van der Waals surface area (Å²) in [6, 6.07) is 0.204. The molecule has 1 saturated heterocycles. The number of H-pyrrole nitrogens is 1. The number of nitrogens with one attached hydrogen (secondary N) is 1. The van der Waals surface area contributed by atoms with Gasteiger partial charge in [-0.15, -0.1) is 11.6 Å². The van der Waals surface area contributed by atoms with Crippen molar-refractivity contribution in [3.63, 3.8) is 0 Å². The molecule has 1 aliphatic heterocycles. The zero-order valence-electron chi connectivity index (χ0n) is 11.4. The fourth-order valence-corrected chi connectivity index (χ4v) is 4.38. The average Bonchev–Trinajstić information content (AvgIpc) is 2.74. The molecule has 8 heteroatoms. The number of hydrogen-bond donors (Lipinski definition) is 1. The van der Waals surface area contributed by atoms with E-state index in [0.717, 1.165) is 6.54 Å². The van der Waals surface area contributed by atoms with E-state index in [9.17, 15) is 8.42 Å². The zero-order valence-corrected chi connectivity index (χ0v) is 12.9. The van der Waals surface area contributed by atoms with E-state index < -0.39 is 10.0 Å². The van der Waals surface area contributed by atoms with E-state index in [0.29, 0.717) is 24.5 Å². The smallest absolute Gasteiger partial charge is 0.246 e. The minimum absolute atomic E-state index is 0.0855. The second-order valence-corrected chi connectivity index (χ2v) is 7.09. The van der Waals surface area contributed by atoms with Gasteiger partial charge in [0.15, 0.2) is 0 Å². The number of alkyl halides is 1. The lowest BCUT2D eigenvalue weighted by Gasteiger charge is -2.36. The predicted octanol–water partition coefficient (Wildman–Crippen LogP) is 0.782. The SMILES string of the molecule is Cc1[nH]nc(CCl)c1S(=O)(=O)N1CCN(C)C(C)C1. The van der Waals surface area contributed by atoms with Gasteiger partial charge in [-0.2, -0.15) is 9.40 Å². The first-order valence-electron chi connectivity index (χ1n) is 6.18. The van der Waals surface area contributed by atoms with E-state index >= 15 is 0 Å². The van der Waals surface area contributed by atoms with Crippen LogP contribution in [0.4, 0.5) is 0 Å². The van der Waals surface area contributed by atoms with E-state index in [2.05, 4.69) is 15.1 Å². The first-order chi connectivity index (χ1) is 8.87. The molecule has 1 unspecified atom stereocenters. The molecule has 6 nitrogen and oxygen atoms in total. The number of halogens is 1. The van der Waals surface area contributed by atoms with Gasteiger partial charge in [0.25, 0.3) is 0 Å². The second kappa shape index (κ2) is 5.40. The molecule has 0 bridgehead atoms. The summed E-state index contributed by atoms with van der Waals surface area (Å²) in [6.07, 6.45) is 0. The van der Waals surface area contributed by atoms with Crippen molar-refractivity contribution in [2.45, 2.75) is 30.7 Å². The lowest BCUT2D eigenvalue weighted by molar-refractivity contribution is 0.159. The van der Waals surface area contributed by atoms with Crippen LogP contribution in [0.2, 0.25) is 0 Å². The van der Waals surface area contributed by atoms with Crippen LogP contribution in [0.1, 0.15) is 18.3 Å². The van der Waals surface area contributed by atoms with Crippen molar-refractivity contribution >= 4 is 21.6 Å². The molecule has 0 saturated carbocycles. The van der Waals surface area contributed by atoms with Gasteiger partial charge in [-0.3, -0.25) is 5.10 Å². The number of rotatable bonds is 3. The molecule has 0 aliphatic carbocycles. The van der Waals surface area contributed by atoms with E-state index in [4.69, 9.17) is 11.6 Å². The summed E-state index contributed by atoms with van der Waals surface area (Å²) >= 11 is 5.77. The van der Waals surface area contributed by atoms with Crippen LogP contribution < -0.4 is 0 Å². The fourth-order valence-electron chi connectivity index (χ4n) is 2.26. The normalized spacial score (nSPS) is 22.8. The molecule has 0 radical (unpaired) electrons. The Bertz CT molecular complexity index is 557. The zero-order chi connectivity index (χ0) is 14.2. The van der Waals surface area contributed by atoms with Gasteiger partial charge in [-0.05, 0) is 20.9 Å². The number of aromatic nitrogens is 2. The van der Waals surface area contributed by atoms with E-state index in [1.807, 2.05) is 14.0 Å². The molecule has 1 atom stereocenters. The maximum absolute atomic E-state index is 12.7. The Morgan fingerprint density at radius 2 is 2.16 bits per heavy atom. The molecule has 0 amide bonds. The van der Waals surface area contributed by atoms with Crippen LogP contribution in [0, 0.1) is 6.92 Å². The molecule has 1 aromatic heterocycles. The van der Waals surface area contributed by atoms with Gasteiger partial charge in [0.1, 0.15) is 4.90 Å². The van der Waals surface area contributed by atoms with E-state index in [1.54, 1.807) is 6.92 Å². The minimum Gasteiger partial charge on any atom is -0.301 e. The fraction of sp³-hybridized carbons (Fsp3) is 0.727. The van der Waals surface area contributed by atoms with Crippen molar-refractivity contribution in [1.29, 1.82) is 0 Å². The number of aryl methyl sites for hydroxylation is 1. The number of sulfonamides is 1. The first-order valence-corrected chi connectivity index (χ1v) is 8.15. The van der Waals surface area contributed by atoms with E-state index in [1.165, 1.54) is 4.31 Å². The standard InChI is InChI=1S/C11H19ClN4O2S/c1-8-7-16(5-4-15(8)3)19(17,18)11-9(2)13-14-10(11)6-12/h8H,4-7H2,1-3H3,(H,13,14). The van der Waals surface area contributed by atoms with Gasteiger partial charge >= 0.3 is 0 Å². The molecule has 0 aromatic carbocycles. The molecule has 108 valence electrons. The van der Waals surface area contributed by atoms with Gasteiger partial charge < -0.3 is 4.90 Å². The number of nitrogens with zero attached hydrogens (tertiary/aromatic N) is 3. The van der Waals surface area contributed by atoms with Gasteiger partial charge in [-0.1, -0.05) is 0 Å². The molecule has 1 aromatic rings. The Balaban J connectivity index is 2.35. The third-order valence-electron chi connectivity index (χ3n) is 3.61. The molecule has 1 fully saturated rings. The molecular formula is C11H19ClN4O2S. The summed E-state index contributed by atoms with van der Waals surface area (Å²) in [7, 11) is -1.52. The number of likely N-dealkylation sites (N-methyl/N-ethyl adjacent to an activating group) is 1. The molecule has 19 heavy (non-hydrogen) atoms. The summed E-state index contributed by atoms with van der Waals surface area (Å²) in [5, 5.41) is 6.66. The number of piperazine rings is 1. The highest BCUT2D eigenvalue weighted by molar-refractivity contribution is 7.89. The maximum atomic E-state index is 12.7. The van der Waals surface area contributed by atoms with Crippen molar-refractivity contribution in [3.05, 3.63) is 11.4 Å². The molecule has 2 heterocycles. The first kappa shape index (κ1) is 14.8. The van der Waals surface area contributed by atoms with Crippen molar-refractivity contribution in [2.75, 3.05) is 26.7 Å². The molecular weight excluding hydrogens is 288 g/mol. The Morgan fingerprint density at radius 3 is 2.74 bits per heavy atom. The largest absolute Gasteiger partial charge is 0.301 e. The quantitative estimate of drug-likeness (QED) is 0.838. The van der Waals surface area contributed by atoms with Crippen LogP contribution in [-0.2, 0) is 15.9 Å². The lowest BCUT2D eigenvalue weighted by Crippen LogP contribution is -2.52. The van der Waals surface area contributed by atoms with Crippen LogP contribution in [0.5, 0.6) is 0 Å². The minimum atomic E-state index is -3.52. The summed E-state index contributed by atoms with van der Waals surface area (Å²) in [4.78, 5) is 2.38. The predicted molar refractivity (Wildman–Crippen MR) is 73.7 cm³/mol. The average molecular weight is 307 g/mol. The monoisotopic (exact) mass is 306 g/mol. The van der Waals surface area contributed by atoms with Gasteiger partial charge in [0.2, 0.25) is 10.0 Å². The number of aromatic amines is 1. The van der Waals surface area contributed by atoms with Gasteiger partial charge in [0, 0.05) is 25.7 Å². The maximum Gasteiger partial charge on any atom is 0.246 e. The van der Waals surface area contributed by atoms with Crippen LogP contribution in [-0.4, -0.2) is 60.5 Å². The Hall–Kier alpha value is -0.630. The summed E-state index contributed by atoms with van der Waals surface area (Å²) in [6.45, 7) is 5.44. The third-order valence-corrected chi connectivity index (χ3v) is 5.93. The number of hydrogen-bond acceptors (Lipinski definition) is 4.